The SMILES string of the molecule is CC(Br)C(=O)C(C)CS(=O)(=O)CC(=O)O. The Balaban J connectivity index is 4.47. The number of carbonyl (C=O) groups is 2. The van der Waals surface area contributed by atoms with Crippen molar-refractivity contribution in [1.82, 2.24) is 0 Å². The predicted molar refractivity (Wildman–Crippen MR) is 58.8 cm³/mol. The van der Waals surface area contributed by atoms with Gasteiger partial charge < -0.3 is 5.11 Å². The number of sulfone groups is 1. The number of ketones is 1. The molecule has 0 amide bonds. The van der Waals surface area contributed by atoms with E-state index < -0.39 is 38.1 Å². The molecule has 0 saturated heterocycles. The zero-order chi connectivity index (χ0) is 12.2. The first-order valence-electron chi connectivity index (χ1n) is 4.25. The Labute approximate surface area is 96.9 Å². The van der Waals surface area contributed by atoms with Crippen LogP contribution in [0.4, 0.5) is 0 Å². The summed E-state index contributed by atoms with van der Waals surface area (Å²) in [6.07, 6.45) is 0. The highest BCUT2D eigenvalue weighted by Crippen LogP contribution is 2.11. The molecule has 0 aliphatic heterocycles. The van der Waals surface area contributed by atoms with Gasteiger partial charge in [-0.15, -0.1) is 0 Å². The lowest BCUT2D eigenvalue weighted by Crippen LogP contribution is -2.29. The first-order valence-corrected chi connectivity index (χ1v) is 6.99. The van der Waals surface area contributed by atoms with Gasteiger partial charge in [0.05, 0.1) is 10.6 Å². The largest absolute Gasteiger partial charge is 0.480 e. The van der Waals surface area contributed by atoms with Crippen LogP contribution in [0.1, 0.15) is 13.8 Å². The van der Waals surface area contributed by atoms with Crippen molar-refractivity contribution in [2.45, 2.75) is 18.7 Å². The molecule has 0 bridgehead atoms. The molecule has 1 N–H and O–H groups in total. The van der Waals surface area contributed by atoms with Gasteiger partial charge in [0.2, 0.25) is 0 Å². The van der Waals surface area contributed by atoms with Crippen molar-refractivity contribution in [1.29, 1.82) is 0 Å². The molecule has 0 aromatic rings. The van der Waals surface area contributed by atoms with Gasteiger partial charge in [0, 0.05) is 5.92 Å². The lowest BCUT2D eigenvalue weighted by molar-refractivity contribution is -0.134. The van der Waals surface area contributed by atoms with Crippen LogP contribution in [0.5, 0.6) is 0 Å². The molecule has 0 radical (unpaired) electrons. The Morgan fingerprint density at radius 2 is 1.80 bits per heavy atom. The molecular weight excluding hydrogens is 288 g/mol. The van der Waals surface area contributed by atoms with Gasteiger partial charge in [0.1, 0.15) is 11.5 Å². The van der Waals surface area contributed by atoms with Gasteiger partial charge in [-0.05, 0) is 6.92 Å². The molecule has 15 heavy (non-hydrogen) atoms. The maximum atomic E-state index is 11.3. The van der Waals surface area contributed by atoms with E-state index in [9.17, 15) is 18.0 Å². The van der Waals surface area contributed by atoms with Crippen molar-refractivity contribution in [2.24, 2.45) is 5.92 Å². The van der Waals surface area contributed by atoms with Gasteiger partial charge >= 0.3 is 5.97 Å². The Morgan fingerprint density at radius 1 is 1.33 bits per heavy atom. The van der Waals surface area contributed by atoms with Crippen LogP contribution >= 0.6 is 15.9 Å². The summed E-state index contributed by atoms with van der Waals surface area (Å²) in [6.45, 7) is 3.07. The van der Waals surface area contributed by atoms with Crippen LogP contribution in [0, 0.1) is 5.92 Å². The number of aliphatic carboxylic acids is 1. The summed E-state index contributed by atoms with van der Waals surface area (Å²) in [5, 5.41) is 8.34. The molecule has 0 rings (SSSR count). The van der Waals surface area contributed by atoms with Crippen molar-refractivity contribution in [3.63, 3.8) is 0 Å². The molecule has 0 spiro atoms. The highest BCUT2D eigenvalue weighted by Gasteiger charge is 2.25. The fraction of sp³-hybridized carbons (Fsp3) is 0.750. The van der Waals surface area contributed by atoms with E-state index in [0.29, 0.717) is 0 Å². The number of carbonyl (C=O) groups excluding carboxylic acids is 1. The number of carboxylic acids is 1. The second-order valence-electron chi connectivity index (χ2n) is 3.37. The van der Waals surface area contributed by atoms with Gasteiger partial charge in [0.25, 0.3) is 0 Å². The lowest BCUT2D eigenvalue weighted by atomic mass is 10.1. The molecule has 0 aromatic heterocycles. The maximum Gasteiger partial charge on any atom is 0.318 e. The molecule has 0 heterocycles. The summed E-state index contributed by atoms with van der Waals surface area (Å²) >= 11 is 3.04. The van der Waals surface area contributed by atoms with E-state index in [-0.39, 0.29) is 5.78 Å². The lowest BCUT2D eigenvalue weighted by Gasteiger charge is -2.11. The third kappa shape index (κ3) is 5.88. The third-order valence-corrected chi connectivity index (χ3v) is 3.87. The number of hydrogen-bond acceptors (Lipinski definition) is 4. The van der Waals surface area contributed by atoms with Crippen LogP contribution in [-0.2, 0) is 19.4 Å². The average molecular weight is 301 g/mol. The second-order valence-corrected chi connectivity index (χ2v) is 6.85. The minimum Gasteiger partial charge on any atom is -0.480 e. The standard InChI is InChI=1S/C8H13BrO5S/c1-5(8(12)6(2)9)3-15(13,14)4-7(10)11/h5-6H,3-4H2,1-2H3,(H,10,11). The Hall–Kier alpha value is -0.430. The highest BCUT2D eigenvalue weighted by atomic mass is 79.9. The van der Waals surface area contributed by atoms with Gasteiger partial charge in [-0.1, -0.05) is 22.9 Å². The van der Waals surface area contributed by atoms with Gasteiger partial charge in [-0.25, -0.2) is 8.42 Å². The summed E-state index contributed by atoms with van der Waals surface area (Å²) in [5.74, 6) is -3.69. The van der Waals surface area contributed by atoms with E-state index >= 15 is 0 Å². The van der Waals surface area contributed by atoms with Crippen molar-refractivity contribution < 1.29 is 23.1 Å². The van der Waals surface area contributed by atoms with Crippen LogP contribution in [-0.4, -0.2) is 41.6 Å². The van der Waals surface area contributed by atoms with Crippen molar-refractivity contribution in [3.05, 3.63) is 0 Å². The smallest absolute Gasteiger partial charge is 0.318 e. The van der Waals surface area contributed by atoms with Crippen LogP contribution in [0.15, 0.2) is 0 Å². The maximum absolute atomic E-state index is 11.3. The van der Waals surface area contributed by atoms with Gasteiger partial charge in [0.15, 0.2) is 9.84 Å². The summed E-state index contributed by atoms with van der Waals surface area (Å²) in [4.78, 5) is 21.2. The summed E-state index contributed by atoms with van der Waals surface area (Å²) < 4.78 is 22.5. The van der Waals surface area contributed by atoms with Crippen LogP contribution < -0.4 is 0 Å². The fourth-order valence-corrected chi connectivity index (χ4v) is 2.97. The van der Waals surface area contributed by atoms with E-state index in [1.165, 1.54) is 6.92 Å². The number of hydrogen-bond donors (Lipinski definition) is 1. The topological polar surface area (TPSA) is 88.5 Å². The summed E-state index contributed by atoms with van der Waals surface area (Å²) in [6, 6.07) is 0. The molecule has 2 atom stereocenters. The molecule has 0 aliphatic rings. The number of halogens is 1. The zero-order valence-corrected chi connectivity index (χ0v) is 10.8. The Bertz CT molecular complexity index is 346. The highest BCUT2D eigenvalue weighted by molar-refractivity contribution is 9.10. The number of carboxylic acid groups (broad SMARTS) is 1. The zero-order valence-electron chi connectivity index (χ0n) is 8.44. The minimum atomic E-state index is -3.70. The van der Waals surface area contributed by atoms with Gasteiger partial charge in [-0.2, -0.15) is 0 Å². The van der Waals surface area contributed by atoms with E-state index in [0.717, 1.165) is 0 Å². The predicted octanol–water partition coefficient (Wildman–Crippen LogP) is 0.474. The molecule has 0 fully saturated rings. The Kier molecular flexibility index (Phi) is 5.44. The first kappa shape index (κ1) is 14.6. The average Bonchev–Trinajstić information content (AvgIpc) is 1.98. The molecule has 0 saturated carbocycles. The van der Waals surface area contributed by atoms with E-state index in [1.54, 1.807) is 6.92 Å². The quantitative estimate of drug-likeness (QED) is 0.721. The van der Waals surface area contributed by atoms with E-state index in [1.807, 2.05) is 0 Å². The van der Waals surface area contributed by atoms with Crippen LogP contribution in [0.2, 0.25) is 0 Å². The fourth-order valence-electron chi connectivity index (χ4n) is 1.10. The molecule has 2 unspecified atom stereocenters. The molecule has 7 heteroatoms. The normalized spacial score (nSPS) is 15.7. The number of rotatable bonds is 6. The summed E-state index contributed by atoms with van der Waals surface area (Å²) in [7, 11) is -3.70. The van der Waals surface area contributed by atoms with Crippen molar-refractivity contribution in [2.75, 3.05) is 11.5 Å². The second kappa shape index (κ2) is 5.60. The third-order valence-electron chi connectivity index (χ3n) is 1.73. The van der Waals surface area contributed by atoms with Gasteiger partial charge in [-0.3, -0.25) is 9.59 Å². The van der Waals surface area contributed by atoms with E-state index in [4.69, 9.17) is 5.11 Å². The number of Topliss-reactive ketones (excluding diaryl/α,β-unsaturated/α-hetero) is 1. The molecule has 0 aromatic carbocycles. The molecule has 88 valence electrons. The van der Waals surface area contributed by atoms with E-state index in [2.05, 4.69) is 15.9 Å². The first-order chi connectivity index (χ1) is 6.65. The Morgan fingerprint density at radius 3 is 2.13 bits per heavy atom. The monoisotopic (exact) mass is 300 g/mol. The van der Waals surface area contributed by atoms with Crippen LogP contribution in [0.25, 0.3) is 0 Å². The number of alkyl halides is 1. The molecule has 5 nitrogen and oxygen atoms in total. The van der Waals surface area contributed by atoms with Crippen LogP contribution in [0.3, 0.4) is 0 Å². The van der Waals surface area contributed by atoms with Crippen molar-refractivity contribution >= 4 is 37.5 Å². The molecular formula is C8H13BrO5S. The minimum absolute atomic E-state index is 0.246. The molecule has 0 aliphatic carbocycles. The van der Waals surface area contributed by atoms with Crippen molar-refractivity contribution in [3.8, 4) is 0 Å². The summed E-state index contributed by atoms with van der Waals surface area (Å²) in [5.41, 5.74) is 0.